The lowest BCUT2D eigenvalue weighted by Crippen LogP contribution is -2.45. The van der Waals surface area contributed by atoms with Crippen molar-refractivity contribution in [2.45, 2.75) is 45.5 Å². The van der Waals surface area contributed by atoms with Gasteiger partial charge >= 0.3 is 5.97 Å². The summed E-state index contributed by atoms with van der Waals surface area (Å²) in [5.41, 5.74) is 1.68. The maximum Gasteiger partial charge on any atom is 0.339 e. The van der Waals surface area contributed by atoms with Crippen LogP contribution in [0, 0.1) is 17.3 Å². The van der Waals surface area contributed by atoms with Crippen molar-refractivity contribution in [2.75, 3.05) is 0 Å². The molecule has 104 valence electrons. The zero-order chi connectivity index (χ0) is 13.9. The Morgan fingerprint density at radius 2 is 2.11 bits per heavy atom. The summed E-state index contributed by atoms with van der Waals surface area (Å²) >= 11 is 0. The quantitative estimate of drug-likeness (QED) is 0.514. The van der Waals surface area contributed by atoms with Crippen LogP contribution in [-0.4, -0.2) is 28.6 Å². The summed E-state index contributed by atoms with van der Waals surface area (Å²) in [4.78, 5) is 11.8. The van der Waals surface area contributed by atoms with E-state index in [-0.39, 0.29) is 16.9 Å². The van der Waals surface area contributed by atoms with Gasteiger partial charge in [0.25, 0.3) is 0 Å². The van der Waals surface area contributed by atoms with Crippen LogP contribution in [0.2, 0.25) is 0 Å². The third kappa shape index (κ3) is 1.56. The normalized spacial score (nSPS) is 45.9. The van der Waals surface area contributed by atoms with Gasteiger partial charge in [0.05, 0.1) is 11.7 Å². The van der Waals surface area contributed by atoms with Crippen LogP contribution in [0.5, 0.6) is 0 Å². The molecule has 2 N–H and O–H groups in total. The van der Waals surface area contributed by atoms with Crippen LogP contribution in [0.25, 0.3) is 0 Å². The number of hydrogen-bond donors (Lipinski definition) is 2. The molecule has 5 atom stereocenters. The van der Waals surface area contributed by atoms with Gasteiger partial charge in [0.15, 0.2) is 0 Å². The van der Waals surface area contributed by atoms with Crippen molar-refractivity contribution in [3.8, 4) is 0 Å². The van der Waals surface area contributed by atoms with Gasteiger partial charge in [-0.1, -0.05) is 26.0 Å². The molecule has 0 aromatic rings. The topological polar surface area (TPSA) is 66.8 Å². The second-order valence-corrected chi connectivity index (χ2v) is 6.32. The second-order valence-electron chi connectivity index (χ2n) is 6.32. The number of cyclic esters (lactones) is 1. The second kappa shape index (κ2) is 3.93. The molecule has 1 unspecified atom stereocenters. The first-order chi connectivity index (χ1) is 8.86. The van der Waals surface area contributed by atoms with Crippen molar-refractivity contribution in [2.24, 2.45) is 17.3 Å². The highest BCUT2D eigenvalue weighted by Gasteiger charge is 2.55. The lowest BCUT2D eigenvalue weighted by molar-refractivity contribution is -0.153. The number of fused-ring (bicyclic) bond motifs is 2. The third-order valence-corrected chi connectivity index (χ3v) is 5.33. The highest BCUT2D eigenvalue weighted by atomic mass is 16.6. The fourth-order valence-electron chi connectivity index (χ4n) is 4.08. The first-order valence-corrected chi connectivity index (χ1v) is 6.86. The van der Waals surface area contributed by atoms with Gasteiger partial charge in [-0.05, 0) is 31.1 Å². The van der Waals surface area contributed by atoms with Gasteiger partial charge in [0.2, 0.25) is 6.29 Å². The Balaban J connectivity index is 2.13. The van der Waals surface area contributed by atoms with Crippen molar-refractivity contribution >= 4 is 5.97 Å². The van der Waals surface area contributed by atoms with Crippen molar-refractivity contribution < 1.29 is 19.7 Å². The molecule has 4 nitrogen and oxygen atoms in total. The van der Waals surface area contributed by atoms with Gasteiger partial charge in [0.1, 0.15) is 0 Å². The minimum Gasteiger partial charge on any atom is -0.428 e. The molecule has 1 saturated carbocycles. The third-order valence-electron chi connectivity index (χ3n) is 5.33. The number of ether oxygens (including phenoxy) is 1. The molecule has 2 aliphatic carbocycles. The van der Waals surface area contributed by atoms with E-state index in [9.17, 15) is 15.0 Å². The molecule has 0 bridgehead atoms. The van der Waals surface area contributed by atoms with Crippen molar-refractivity contribution in [3.05, 3.63) is 23.3 Å². The molecule has 0 radical (unpaired) electrons. The smallest absolute Gasteiger partial charge is 0.339 e. The molecule has 3 aliphatic rings. The molecule has 0 amide bonds. The molecule has 3 rings (SSSR count). The molecule has 0 saturated heterocycles. The van der Waals surface area contributed by atoms with E-state index in [1.165, 1.54) is 0 Å². The van der Waals surface area contributed by atoms with Crippen LogP contribution in [0.1, 0.15) is 33.1 Å². The van der Waals surface area contributed by atoms with Gasteiger partial charge in [-0.15, -0.1) is 0 Å². The monoisotopic (exact) mass is 264 g/mol. The standard InChI is InChI=1S/C15H20O4/c1-7-4-5-15(3)9(8(7)2)6-10(16)11-12(15)14(18)19-13(11)17/h7,9-10,14,16,18H,2,4-6H2,1,3H3/t7-,9?,10+,14+,15-/m0/s1. The fraction of sp³-hybridized carbons (Fsp3) is 0.667. The predicted octanol–water partition coefficient (Wildman–Crippen LogP) is 1.53. The number of carbonyl (C=O) groups excluding carboxylic acids is 1. The Hall–Kier alpha value is -1.13. The van der Waals surface area contributed by atoms with Crippen LogP contribution < -0.4 is 0 Å². The molecule has 0 aromatic heterocycles. The molecule has 4 heteroatoms. The Bertz CT molecular complexity index is 492. The largest absolute Gasteiger partial charge is 0.428 e. The highest BCUT2D eigenvalue weighted by molar-refractivity contribution is 5.94. The molecule has 19 heavy (non-hydrogen) atoms. The number of aliphatic hydroxyl groups excluding tert-OH is 2. The molecule has 1 heterocycles. The van der Waals surface area contributed by atoms with E-state index < -0.39 is 18.4 Å². The van der Waals surface area contributed by atoms with Crippen LogP contribution in [0.3, 0.4) is 0 Å². The molecule has 0 aromatic carbocycles. The van der Waals surface area contributed by atoms with Crippen molar-refractivity contribution in [1.82, 2.24) is 0 Å². The fourth-order valence-corrected chi connectivity index (χ4v) is 4.08. The van der Waals surface area contributed by atoms with Gasteiger partial charge in [-0.2, -0.15) is 0 Å². The van der Waals surface area contributed by atoms with E-state index in [1.54, 1.807) is 0 Å². The molecule has 0 spiro atoms. The highest BCUT2D eigenvalue weighted by Crippen LogP contribution is 2.58. The van der Waals surface area contributed by atoms with Crippen LogP contribution >= 0.6 is 0 Å². The minimum atomic E-state index is -1.20. The van der Waals surface area contributed by atoms with Crippen LogP contribution in [-0.2, 0) is 9.53 Å². The summed E-state index contributed by atoms with van der Waals surface area (Å²) in [6.07, 6.45) is 0.322. The first-order valence-electron chi connectivity index (χ1n) is 6.86. The number of carbonyl (C=O) groups is 1. The lowest BCUT2D eigenvalue weighted by atomic mass is 9.54. The van der Waals surface area contributed by atoms with E-state index in [2.05, 4.69) is 20.4 Å². The zero-order valence-corrected chi connectivity index (χ0v) is 11.3. The number of aliphatic hydroxyl groups is 2. The van der Waals surface area contributed by atoms with Crippen LogP contribution in [0.15, 0.2) is 23.3 Å². The van der Waals surface area contributed by atoms with Crippen LogP contribution in [0.4, 0.5) is 0 Å². The summed E-state index contributed by atoms with van der Waals surface area (Å²) in [6, 6.07) is 0. The molecular formula is C15H20O4. The summed E-state index contributed by atoms with van der Waals surface area (Å²) in [7, 11) is 0. The maximum atomic E-state index is 11.8. The number of esters is 1. The van der Waals surface area contributed by atoms with E-state index >= 15 is 0 Å². The number of hydrogen-bond acceptors (Lipinski definition) is 4. The maximum absolute atomic E-state index is 11.8. The van der Waals surface area contributed by atoms with E-state index in [1.807, 2.05) is 0 Å². The summed E-state index contributed by atoms with van der Waals surface area (Å²) in [5, 5.41) is 20.2. The first kappa shape index (κ1) is 12.9. The zero-order valence-electron chi connectivity index (χ0n) is 11.3. The van der Waals surface area contributed by atoms with Gasteiger partial charge in [-0.3, -0.25) is 0 Å². The number of allylic oxidation sites excluding steroid dienone is 1. The SMILES string of the molecule is C=C1C2C[C@@H](O)C3=C([C@H](O)OC3=O)[C@@]2(C)CC[C@@H]1C. The minimum absolute atomic E-state index is 0.106. The van der Waals surface area contributed by atoms with Gasteiger partial charge in [-0.25, -0.2) is 4.79 Å². The average molecular weight is 264 g/mol. The van der Waals surface area contributed by atoms with E-state index in [0.717, 1.165) is 18.4 Å². The van der Waals surface area contributed by atoms with Gasteiger partial charge in [0, 0.05) is 11.0 Å². The molecule has 1 fully saturated rings. The summed E-state index contributed by atoms with van der Waals surface area (Å²) < 4.78 is 4.91. The van der Waals surface area contributed by atoms with E-state index in [0.29, 0.717) is 17.9 Å². The van der Waals surface area contributed by atoms with Crippen molar-refractivity contribution in [1.29, 1.82) is 0 Å². The average Bonchev–Trinajstić information content (AvgIpc) is 2.65. The summed E-state index contributed by atoms with van der Waals surface area (Å²) in [5.74, 6) is -0.0457. The van der Waals surface area contributed by atoms with Crippen molar-refractivity contribution in [3.63, 3.8) is 0 Å². The number of rotatable bonds is 0. The molecular weight excluding hydrogens is 244 g/mol. The Morgan fingerprint density at radius 1 is 1.42 bits per heavy atom. The summed E-state index contributed by atoms with van der Waals surface area (Å²) in [6.45, 7) is 8.38. The Kier molecular flexibility index (Phi) is 2.67. The Morgan fingerprint density at radius 3 is 2.79 bits per heavy atom. The lowest BCUT2D eigenvalue weighted by Gasteiger charge is -2.50. The predicted molar refractivity (Wildman–Crippen MR) is 68.9 cm³/mol. The Labute approximate surface area is 112 Å². The molecule has 1 aliphatic heterocycles. The van der Waals surface area contributed by atoms with E-state index in [4.69, 9.17) is 4.74 Å². The van der Waals surface area contributed by atoms with Gasteiger partial charge < -0.3 is 14.9 Å².